The fourth-order valence-electron chi connectivity index (χ4n) is 2.15. The molecule has 110 valence electrons. The number of nitrogens with one attached hydrogen (secondary N) is 1. The lowest BCUT2D eigenvalue weighted by molar-refractivity contribution is 0.479. The SMILES string of the molecule is Cc1cc(Oc2ccc(F)c(Br)c2)ccc1CNC1CC1. The van der Waals surface area contributed by atoms with Gasteiger partial charge in [0.1, 0.15) is 17.3 Å². The van der Waals surface area contributed by atoms with Gasteiger partial charge >= 0.3 is 0 Å². The van der Waals surface area contributed by atoms with Crippen molar-refractivity contribution in [3.63, 3.8) is 0 Å². The van der Waals surface area contributed by atoms with E-state index in [-0.39, 0.29) is 5.82 Å². The largest absolute Gasteiger partial charge is 0.457 e. The Morgan fingerprint density at radius 1 is 1.19 bits per heavy atom. The zero-order valence-corrected chi connectivity index (χ0v) is 13.4. The summed E-state index contributed by atoms with van der Waals surface area (Å²) in [5.41, 5.74) is 2.48. The molecule has 1 aliphatic carbocycles. The maximum Gasteiger partial charge on any atom is 0.137 e. The average Bonchev–Trinajstić information content (AvgIpc) is 3.26. The van der Waals surface area contributed by atoms with Gasteiger partial charge in [0.15, 0.2) is 0 Å². The van der Waals surface area contributed by atoms with Crippen LogP contribution in [0.3, 0.4) is 0 Å². The van der Waals surface area contributed by atoms with E-state index in [0.29, 0.717) is 16.3 Å². The van der Waals surface area contributed by atoms with Crippen molar-refractivity contribution in [3.05, 3.63) is 57.8 Å². The van der Waals surface area contributed by atoms with E-state index in [0.717, 1.165) is 12.3 Å². The van der Waals surface area contributed by atoms with Crippen LogP contribution in [0.5, 0.6) is 11.5 Å². The summed E-state index contributed by atoms with van der Waals surface area (Å²) in [5, 5.41) is 3.51. The molecule has 3 rings (SSSR count). The molecule has 4 heteroatoms. The van der Waals surface area contributed by atoms with Crippen LogP contribution in [-0.4, -0.2) is 6.04 Å². The van der Waals surface area contributed by atoms with E-state index in [4.69, 9.17) is 4.74 Å². The van der Waals surface area contributed by atoms with Crippen molar-refractivity contribution in [2.75, 3.05) is 0 Å². The van der Waals surface area contributed by atoms with Crippen LogP contribution in [0.1, 0.15) is 24.0 Å². The first-order valence-electron chi connectivity index (χ1n) is 7.07. The van der Waals surface area contributed by atoms with Gasteiger partial charge in [0, 0.05) is 12.6 Å². The Balaban J connectivity index is 1.70. The molecule has 0 amide bonds. The van der Waals surface area contributed by atoms with Crippen molar-refractivity contribution < 1.29 is 9.13 Å². The van der Waals surface area contributed by atoms with Gasteiger partial charge in [0.25, 0.3) is 0 Å². The number of halogens is 2. The van der Waals surface area contributed by atoms with Crippen molar-refractivity contribution in [1.82, 2.24) is 5.32 Å². The van der Waals surface area contributed by atoms with Crippen molar-refractivity contribution in [1.29, 1.82) is 0 Å². The second-order valence-electron chi connectivity index (χ2n) is 5.42. The molecule has 0 saturated heterocycles. The Morgan fingerprint density at radius 3 is 2.57 bits per heavy atom. The molecule has 21 heavy (non-hydrogen) atoms. The number of rotatable bonds is 5. The van der Waals surface area contributed by atoms with E-state index in [9.17, 15) is 4.39 Å². The standard InChI is InChI=1S/C17H17BrFNO/c1-11-8-14(5-2-12(11)10-20-13-3-4-13)21-15-6-7-17(19)16(18)9-15/h2,5-9,13,20H,3-4,10H2,1H3. The highest BCUT2D eigenvalue weighted by Gasteiger charge is 2.20. The summed E-state index contributed by atoms with van der Waals surface area (Å²) in [6, 6.07) is 11.4. The molecule has 0 radical (unpaired) electrons. The van der Waals surface area contributed by atoms with Crippen LogP contribution in [0, 0.1) is 12.7 Å². The van der Waals surface area contributed by atoms with Gasteiger partial charge < -0.3 is 10.1 Å². The van der Waals surface area contributed by atoms with E-state index in [2.05, 4.69) is 34.2 Å². The summed E-state index contributed by atoms with van der Waals surface area (Å²) in [5.74, 6) is 1.09. The fraction of sp³-hybridized carbons (Fsp3) is 0.294. The predicted molar refractivity (Wildman–Crippen MR) is 85.2 cm³/mol. The van der Waals surface area contributed by atoms with Gasteiger partial charge in [0.05, 0.1) is 4.47 Å². The van der Waals surface area contributed by atoms with E-state index in [1.165, 1.54) is 30.0 Å². The van der Waals surface area contributed by atoms with Gasteiger partial charge in [0.2, 0.25) is 0 Å². The molecule has 0 unspecified atom stereocenters. The molecule has 2 aromatic rings. The van der Waals surface area contributed by atoms with Gasteiger partial charge in [-0.3, -0.25) is 0 Å². The Morgan fingerprint density at radius 2 is 1.90 bits per heavy atom. The van der Waals surface area contributed by atoms with Crippen molar-refractivity contribution in [2.24, 2.45) is 0 Å². The second-order valence-corrected chi connectivity index (χ2v) is 6.28. The van der Waals surface area contributed by atoms with Crippen molar-refractivity contribution >= 4 is 15.9 Å². The van der Waals surface area contributed by atoms with Crippen LogP contribution in [0.15, 0.2) is 40.9 Å². The molecule has 1 aliphatic rings. The first-order valence-corrected chi connectivity index (χ1v) is 7.87. The summed E-state index contributed by atoms with van der Waals surface area (Å²) >= 11 is 3.16. The Labute approximate surface area is 132 Å². The molecular formula is C17H17BrFNO. The van der Waals surface area contributed by atoms with Gasteiger partial charge in [-0.15, -0.1) is 0 Å². The predicted octanol–water partition coefficient (Wildman–Crippen LogP) is 4.94. The molecular weight excluding hydrogens is 333 g/mol. The van der Waals surface area contributed by atoms with E-state index in [1.54, 1.807) is 12.1 Å². The Bertz CT molecular complexity index is 655. The van der Waals surface area contributed by atoms with Crippen LogP contribution >= 0.6 is 15.9 Å². The lowest BCUT2D eigenvalue weighted by Crippen LogP contribution is -2.15. The highest BCUT2D eigenvalue weighted by atomic mass is 79.9. The van der Waals surface area contributed by atoms with Gasteiger partial charge in [-0.2, -0.15) is 0 Å². The number of ether oxygens (including phenoxy) is 1. The van der Waals surface area contributed by atoms with Crippen LogP contribution in [0.25, 0.3) is 0 Å². The maximum atomic E-state index is 13.2. The average molecular weight is 350 g/mol. The van der Waals surface area contributed by atoms with Crippen molar-refractivity contribution in [3.8, 4) is 11.5 Å². The zero-order chi connectivity index (χ0) is 14.8. The molecule has 0 aliphatic heterocycles. The highest BCUT2D eigenvalue weighted by molar-refractivity contribution is 9.10. The van der Waals surface area contributed by atoms with Crippen LogP contribution in [0.2, 0.25) is 0 Å². The fourth-order valence-corrected chi connectivity index (χ4v) is 2.51. The molecule has 2 nitrogen and oxygen atoms in total. The monoisotopic (exact) mass is 349 g/mol. The summed E-state index contributed by atoms with van der Waals surface area (Å²) < 4.78 is 19.4. The first-order chi connectivity index (χ1) is 10.1. The summed E-state index contributed by atoms with van der Waals surface area (Å²) in [4.78, 5) is 0. The third-order valence-electron chi connectivity index (χ3n) is 3.60. The molecule has 1 N–H and O–H groups in total. The summed E-state index contributed by atoms with van der Waals surface area (Å²) in [6.45, 7) is 2.98. The summed E-state index contributed by atoms with van der Waals surface area (Å²) in [6.07, 6.45) is 2.58. The lowest BCUT2D eigenvalue weighted by atomic mass is 10.1. The van der Waals surface area contributed by atoms with E-state index in [1.807, 2.05) is 12.1 Å². The minimum Gasteiger partial charge on any atom is -0.457 e. The first kappa shape index (κ1) is 14.5. The minimum atomic E-state index is -0.292. The van der Waals surface area contributed by atoms with E-state index < -0.39 is 0 Å². The number of aryl methyl sites for hydroxylation is 1. The normalized spacial score (nSPS) is 14.2. The molecule has 0 heterocycles. The topological polar surface area (TPSA) is 21.3 Å². The quantitative estimate of drug-likeness (QED) is 0.825. The third kappa shape index (κ3) is 3.83. The zero-order valence-electron chi connectivity index (χ0n) is 11.8. The molecule has 0 atom stereocenters. The lowest BCUT2D eigenvalue weighted by Gasteiger charge is -2.11. The number of hydrogen-bond donors (Lipinski definition) is 1. The smallest absolute Gasteiger partial charge is 0.137 e. The second kappa shape index (κ2) is 6.16. The molecule has 1 fully saturated rings. The van der Waals surface area contributed by atoms with E-state index >= 15 is 0 Å². The summed E-state index contributed by atoms with van der Waals surface area (Å²) in [7, 11) is 0. The number of benzene rings is 2. The van der Waals surface area contributed by atoms with Gasteiger partial charge in [-0.25, -0.2) is 4.39 Å². The minimum absolute atomic E-state index is 0.292. The molecule has 1 saturated carbocycles. The van der Waals surface area contributed by atoms with Crippen LogP contribution in [-0.2, 0) is 6.54 Å². The van der Waals surface area contributed by atoms with Gasteiger partial charge in [-0.05, 0) is 77.2 Å². The third-order valence-corrected chi connectivity index (χ3v) is 4.21. The maximum absolute atomic E-state index is 13.2. The molecule has 0 aromatic heterocycles. The Hall–Kier alpha value is -1.39. The number of hydrogen-bond acceptors (Lipinski definition) is 2. The highest BCUT2D eigenvalue weighted by Crippen LogP contribution is 2.28. The molecule has 2 aromatic carbocycles. The Kier molecular flexibility index (Phi) is 4.27. The van der Waals surface area contributed by atoms with Gasteiger partial charge in [-0.1, -0.05) is 6.07 Å². The molecule has 0 bridgehead atoms. The van der Waals surface area contributed by atoms with Crippen molar-refractivity contribution in [2.45, 2.75) is 32.4 Å². The molecule has 0 spiro atoms. The van der Waals surface area contributed by atoms with Crippen LogP contribution in [0.4, 0.5) is 4.39 Å². The van der Waals surface area contributed by atoms with Crippen LogP contribution < -0.4 is 10.1 Å².